The first-order chi connectivity index (χ1) is 12.5. The van der Waals surface area contributed by atoms with Crippen molar-refractivity contribution in [2.75, 3.05) is 0 Å². The van der Waals surface area contributed by atoms with E-state index in [1.165, 1.54) is 25.0 Å². The molecule has 0 N–H and O–H groups in total. The highest BCUT2D eigenvalue weighted by atomic mass is 19.2. The lowest BCUT2D eigenvalue weighted by molar-refractivity contribution is 0.347. The molecule has 1 aliphatic carbocycles. The second kappa shape index (κ2) is 6.79. The predicted molar refractivity (Wildman–Crippen MR) is 99.6 cm³/mol. The van der Waals surface area contributed by atoms with Gasteiger partial charge in [0.1, 0.15) is 5.82 Å². The molecule has 134 valence electrons. The van der Waals surface area contributed by atoms with Crippen LogP contribution in [0.15, 0.2) is 48.5 Å². The molecule has 0 amide bonds. The summed E-state index contributed by atoms with van der Waals surface area (Å²) < 4.78 is 42.0. The SMILES string of the molecule is CC1CCC(c2ccc(-c3ccc4c(F)c(F)ccc4c3)c(F)c2)CC1. The molecule has 0 unspecified atom stereocenters. The van der Waals surface area contributed by atoms with Gasteiger partial charge in [-0.1, -0.05) is 50.1 Å². The average molecular weight is 354 g/mol. The van der Waals surface area contributed by atoms with E-state index < -0.39 is 11.6 Å². The third-order valence-corrected chi connectivity index (χ3v) is 5.70. The maximum Gasteiger partial charge on any atom is 0.166 e. The number of fused-ring (bicyclic) bond motifs is 1. The van der Waals surface area contributed by atoms with Gasteiger partial charge in [0.05, 0.1) is 0 Å². The van der Waals surface area contributed by atoms with Gasteiger partial charge in [-0.25, -0.2) is 13.2 Å². The number of rotatable bonds is 2. The molecule has 0 atom stereocenters. The lowest BCUT2D eigenvalue weighted by Crippen LogP contribution is -2.11. The zero-order valence-electron chi connectivity index (χ0n) is 14.7. The van der Waals surface area contributed by atoms with Gasteiger partial charge in [-0.2, -0.15) is 0 Å². The highest BCUT2D eigenvalue weighted by Gasteiger charge is 2.21. The van der Waals surface area contributed by atoms with Crippen LogP contribution >= 0.6 is 0 Å². The first-order valence-electron chi connectivity index (χ1n) is 9.20. The third kappa shape index (κ3) is 3.11. The van der Waals surface area contributed by atoms with Crippen LogP contribution < -0.4 is 0 Å². The fourth-order valence-electron chi connectivity index (χ4n) is 4.05. The van der Waals surface area contributed by atoms with Crippen LogP contribution in [0.4, 0.5) is 13.2 Å². The van der Waals surface area contributed by atoms with Gasteiger partial charge in [0.15, 0.2) is 11.6 Å². The summed E-state index contributed by atoms with van der Waals surface area (Å²) in [4.78, 5) is 0. The molecule has 1 saturated carbocycles. The molecular weight excluding hydrogens is 333 g/mol. The largest absolute Gasteiger partial charge is 0.206 e. The Bertz CT molecular complexity index is 953. The van der Waals surface area contributed by atoms with E-state index in [-0.39, 0.29) is 11.2 Å². The molecule has 26 heavy (non-hydrogen) atoms. The van der Waals surface area contributed by atoms with Gasteiger partial charge >= 0.3 is 0 Å². The Kier molecular flexibility index (Phi) is 4.47. The smallest absolute Gasteiger partial charge is 0.166 e. The molecule has 1 aliphatic rings. The lowest BCUT2D eigenvalue weighted by Gasteiger charge is -2.26. The number of halogens is 3. The van der Waals surface area contributed by atoms with Crippen molar-refractivity contribution in [3.8, 4) is 11.1 Å². The summed E-state index contributed by atoms with van der Waals surface area (Å²) in [6.07, 6.45) is 4.61. The van der Waals surface area contributed by atoms with Crippen molar-refractivity contribution in [1.29, 1.82) is 0 Å². The lowest BCUT2D eigenvalue weighted by atomic mass is 9.79. The van der Waals surface area contributed by atoms with E-state index in [9.17, 15) is 13.2 Å². The Hall–Kier alpha value is -2.29. The van der Waals surface area contributed by atoms with E-state index in [2.05, 4.69) is 6.92 Å². The molecule has 3 aromatic carbocycles. The quantitative estimate of drug-likeness (QED) is 0.456. The summed E-state index contributed by atoms with van der Waals surface area (Å²) in [5.74, 6) is -0.802. The summed E-state index contributed by atoms with van der Waals surface area (Å²) in [7, 11) is 0. The van der Waals surface area contributed by atoms with Gasteiger partial charge in [-0.15, -0.1) is 0 Å². The molecule has 0 spiro atoms. The highest BCUT2D eigenvalue weighted by Crippen LogP contribution is 2.37. The highest BCUT2D eigenvalue weighted by molar-refractivity contribution is 5.88. The molecule has 0 aromatic heterocycles. The summed E-state index contributed by atoms with van der Waals surface area (Å²) >= 11 is 0. The van der Waals surface area contributed by atoms with E-state index in [0.29, 0.717) is 22.4 Å². The van der Waals surface area contributed by atoms with Crippen molar-refractivity contribution < 1.29 is 13.2 Å². The average Bonchev–Trinajstić information content (AvgIpc) is 2.65. The monoisotopic (exact) mass is 354 g/mol. The Morgan fingerprint density at radius 2 is 1.54 bits per heavy atom. The molecule has 3 aromatic rings. The number of hydrogen-bond acceptors (Lipinski definition) is 0. The van der Waals surface area contributed by atoms with Gasteiger partial charge in [-0.05, 0) is 59.4 Å². The molecule has 1 fully saturated rings. The summed E-state index contributed by atoms with van der Waals surface area (Å²) in [6.45, 7) is 2.27. The Balaban J connectivity index is 1.67. The van der Waals surface area contributed by atoms with Gasteiger partial charge in [0, 0.05) is 10.9 Å². The van der Waals surface area contributed by atoms with E-state index in [1.807, 2.05) is 12.1 Å². The van der Waals surface area contributed by atoms with Crippen LogP contribution in [0, 0.1) is 23.4 Å². The van der Waals surface area contributed by atoms with Crippen LogP contribution in [0.2, 0.25) is 0 Å². The minimum atomic E-state index is -0.873. The van der Waals surface area contributed by atoms with Crippen LogP contribution in [0.1, 0.15) is 44.1 Å². The van der Waals surface area contributed by atoms with Crippen molar-refractivity contribution in [2.45, 2.75) is 38.5 Å². The van der Waals surface area contributed by atoms with E-state index in [1.54, 1.807) is 18.2 Å². The molecule has 0 radical (unpaired) electrons. The first-order valence-corrected chi connectivity index (χ1v) is 9.20. The topological polar surface area (TPSA) is 0 Å². The maximum atomic E-state index is 14.8. The first kappa shape index (κ1) is 17.1. The zero-order chi connectivity index (χ0) is 18.3. The molecule has 0 aliphatic heterocycles. The fraction of sp³-hybridized carbons (Fsp3) is 0.304. The minimum Gasteiger partial charge on any atom is -0.206 e. The fourth-order valence-corrected chi connectivity index (χ4v) is 4.05. The van der Waals surface area contributed by atoms with Crippen molar-refractivity contribution in [2.24, 2.45) is 5.92 Å². The molecule has 3 heteroatoms. The summed E-state index contributed by atoms with van der Waals surface area (Å²) in [5, 5.41) is 0.772. The van der Waals surface area contributed by atoms with E-state index in [0.717, 1.165) is 30.4 Å². The van der Waals surface area contributed by atoms with Crippen LogP contribution in [-0.4, -0.2) is 0 Å². The zero-order valence-corrected chi connectivity index (χ0v) is 14.7. The van der Waals surface area contributed by atoms with Crippen molar-refractivity contribution in [3.63, 3.8) is 0 Å². The molecule has 0 saturated heterocycles. The molecule has 0 heterocycles. The standard InChI is InChI=1S/C23H21F3/c1-14-2-4-15(5-3-14)16-6-9-19(22(25)13-16)17-7-10-20-18(12-17)8-11-21(24)23(20)26/h6-15H,2-5H2,1H3. The van der Waals surface area contributed by atoms with Gasteiger partial charge in [-0.3, -0.25) is 0 Å². The van der Waals surface area contributed by atoms with Crippen LogP contribution in [0.5, 0.6) is 0 Å². The second-order valence-corrected chi connectivity index (χ2v) is 7.49. The Morgan fingerprint density at radius 3 is 2.27 bits per heavy atom. The summed E-state index contributed by atoms with van der Waals surface area (Å²) in [6, 6.07) is 12.9. The maximum absolute atomic E-state index is 14.8. The third-order valence-electron chi connectivity index (χ3n) is 5.70. The minimum absolute atomic E-state index is 0.210. The van der Waals surface area contributed by atoms with Crippen LogP contribution in [-0.2, 0) is 0 Å². The van der Waals surface area contributed by atoms with Crippen LogP contribution in [0.3, 0.4) is 0 Å². The summed E-state index contributed by atoms with van der Waals surface area (Å²) in [5.41, 5.74) is 2.22. The number of hydrogen-bond donors (Lipinski definition) is 0. The van der Waals surface area contributed by atoms with Gasteiger partial charge in [0.25, 0.3) is 0 Å². The molecular formula is C23H21F3. The normalized spacial score (nSPS) is 20.5. The van der Waals surface area contributed by atoms with Crippen LogP contribution in [0.25, 0.3) is 21.9 Å². The Labute approximate surface area is 151 Å². The van der Waals surface area contributed by atoms with Crippen molar-refractivity contribution >= 4 is 10.8 Å². The van der Waals surface area contributed by atoms with E-state index in [4.69, 9.17) is 0 Å². The van der Waals surface area contributed by atoms with Crippen molar-refractivity contribution in [1.82, 2.24) is 0 Å². The number of benzene rings is 3. The van der Waals surface area contributed by atoms with Gasteiger partial charge < -0.3 is 0 Å². The molecule has 0 nitrogen and oxygen atoms in total. The Morgan fingerprint density at radius 1 is 0.769 bits per heavy atom. The van der Waals surface area contributed by atoms with Gasteiger partial charge in [0.2, 0.25) is 0 Å². The predicted octanol–water partition coefficient (Wildman–Crippen LogP) is 7.22. The second-order valence-electron chi connectivity index (χ2n) is 7.49. The molecule has 4 rings (SSSR count). The van der Waals surface area contributed by atoms with Crippen molar-refractivity contribution in [3.05, 3.63) is 71.5 Å². The molecule has 0 bridgehead atoms. The van der Waals surface area contributed by atoms with E-state index >= 15 is 0 Å².